The van der Waals surface area contributed by atoms with Crippen molar-refractivity contribution in [1.82, 2.24) is 10.2 Å². The van der Waals surface area contributed by atoms with E-state index in [9.17, 15) is 18.0 Å². The predicted octanol–water partition coefficient (Wildman–Crippen LogP) is 6.66. The lowest BCUT2D eigenvalue weighted by atomic mass is 9.95. The lowest BCUT2D eigenvalue weighted by molar-refractivity contribution is -0.139. The standard InChI is InChI=1S/C30H32Cl2IN3O4S/c1-21(30(38)34-23-9-4-2-5-10-23)35(19-26-27(31)13-8-14-28(26)32)29(37)20-36(24-17-15-22(33)16-18-24)41(39,40)25-11-6-3-7-12-25/h3,6-8,11-18,21,23H,2,4-5,9-10,19-20H2,1H3,(H,34,38)/t21-/m1/s1. The molecule has 3 aromatic carbocycles. The van der Waals surface area contributed by atoms with Gasteiger partial charge >= 0.3 is 0 Å². The molecule has 11 heteroatoms. The smallest absolute Gasteiger partial charge is 0.264 e. The Labute approximate surface area is 265 Å². The van der Waals surface area contributed by atoms with Crippen molar-refractivity contribution >= 4 is 73.3 Å². The number of nitrogens with zero attached hydrogens (tertiary/aromatic N) is 2. The maximum absolute atomic E-state index is 14.1. The first kappa shape index (κ1) is 31.6. The van der Waals surface area contributed by atoms with Crippen molar-refractivity contribution in [3.05, 3.63) is 92.0 Å². The zero-order valence-corrected chi connectivity index (χ0v) is 27.1. The lowest BCUT2D eigenvalue weighted by Crippen LogP contribution is -2.53. The number of carbonyl (C=O) groups excluding carboxylic acids is 2. The van der Waals surface area contributed by atoms with Gasteiger partial charge in [-0.2, -0.15) is 0 Å². The number of benzene rings is 3. The minimum absolute atomic E-state index is 0.0429. The average molecular weight is 728 g/mol. The van der Waals surface area contributed by atoms with Crippen LogP contribution in [0.3, 0.4) is 0 Å². The van der Waals surface area contributed by atoms with Crippen LogP contribution in [-0.4, -0.2) is 43.8 Å². The van der Waals surface area contributed by atoms with Crippen LogP contribution in [0, 0.1) is 3.57 Å². The summed E-state index contributed by atoms with van der Waals surface area (Å²) in [5.74, 6) is -0.870. The molecule has 0 radical (unpaired) electrons. The quantitative estimate of drug-likeness (QED) is 0.237. The number of hydrogen-bond acceptors (Lipinski definition) is 4. The number of rotatable bonds is 10. The summed E-state index contributed by atoms with van der Waals surface area (Å²) in [6.07, 6.45) is 5.00. The molecule has 1 aliphatic rings. The topological polar surface area (TPSA) is 86.8 Å². The van der Waals surface area contributed by atoms with E-state index in [0.29, 0.717) is 21.3 Å². The second-order valence-electron chi connectivity index (χ2n) is 10.0. The Balaban J connectivity index is 1.69. The second kappa shape index (κ2) is 14.2. The van der Waals surface area contributed by atoms with Gasteiger partial charge in [-0.1, -0.05) is 66.7 Å². The molecular weight excluding hydrogens is 696 g/mol. The molecule has 1 N–H and O–H groups in total. The van der Waals surface area contributed by atoms with Crippen LogP contribution in [0.25, 0.3) is 0 Å². The molecule has 4 rings (SSSR count). The van der Waals surface area contributed by atoms with Crippen molar-refractivity contribution in [2.75, 3.05) is 10.8 Å². The monoisotopic (exact) mass is 727 g/mol. The van der Waals surface area contributed by atoms with Crippen molar-refractivity contribution in [3.8, 4) is 0 Å². The van der Waals surface area contributed by atoms with Crippen molar-refractivity contribution < 1.29 is 18.0 Å². The van der Waals surface area contributed by atoms with E-state index < -0.39 is 28.5 Å². The number of nitrogens with one attached hydrogen (secondary N) is 1. The number of hydrogen-bond donors (Lipinski definition) is 1. The van der Waals surface area contributed by atoms with E-state index >= 15 is 0 Å². The highest BCUT2D eigenvalue weighted by Crippen LogP contribution is 2.29. The fourth-order valence-corrected chi connectivity index (χ4v) is 7.17. The molecule has 0 aromatic heterocycles. The zero-order valence-electron chi connectivity index (χ0n) is 22.6. The fraction of sp³-hybridized carbons (Fsp3) is 0.333. The Morgan fingerprint density at radius 3 is 2.15 bits per heavy atom. The van der Waals surface area contributed by atoms with Gasteiger partial charge in [-0.3, -0.25) is 13.9 Å². The molecule has 0 bridgehead atoms. The van der Waals surface area contributed by atoms with E-state index in [4.69, 9.17) is 23.2 Å². The summed E-state index contributed by atoms with van der Waals surface area (Å²) in [5, 5.41) is 3.78. The van der Waals surface area contributed by atoms with Crippen molar-refractivity contribution in [2.24, 2.45) is 0 Å². The molecule has 218 valence electrons. The first-order valence-corrected chi connectivity index (χ1v) is 16.7. The summed E-state index contributed by atoms with van der Waals surface area (Å²) in [6, 6.07) is 19.0. The second-order valence-corrected chi connectivity index (χ2v) is 14.0. The number of anilines is 1. The molecule has 0 heterocycles. The Morgan fingerprint density at radius 1 is 0.927 bits per heavy atom. The van der Waals surface area contributed by atoms with Crippen LogP contribution in [0.4, 0.5) is 5.69 Å². The first-order chi connectivity index (χ1) is 19.6. The highest BCUT2D eigenvalue weighted by atomic mass is 127. The van der Waals surface area contributed by atoms with Gasteiger partial charge in [-0.05, 0) is 90.9 Å². The van der Waals surface area contributed by atoms with E-state index in [2.05, 4.69) is 27.9 Å². The van der Waals surface area contributed by atoms with Gasteiger partial charge in [-0.25, -0.2) is 8.42 Å². The highest BCUT2D eigenvalue weighted by molar-refractivity contribution is 14.1. The van der Waals surface area contributed by atoms with E-state index in [1.165, 1.54) is 17.0 Å². The third kappa shape index (κ3) is 7.94. The summed E-state index contributed by atoms with van der Waals surface area (Å²) < 4.78 is 29.7. The van der Waals surface area contributed by atoms with E-state index in [0.717, 1.165) is 40.0 Å². The summed E-state index contributed by atoms with van der Waals surface area (Å²) in [7, 11) is -4.12. The van der Waals surface area contributed by atoms with Gasteiger partial charge in [0, 0.05) is 31.8 Å². The Hall–Kier alpha value is -2.34. The van der Waals surface area contributed by atoms with E-state index in [1.807, 2.05) is 0 Å². The number of amides is 2. The van der Waals surface area contributed by atoms with Crippen molar-refractivity contribution in [1.29, 1.82) is 0 Å². The fourth-order valence-electron chi connectivity index (χ4n) is 4.86. The molecule has 0 saturated heterocycles. The zero-order chi connectivity index (χ0) is 29.6. The normalized spacial score (nSPS) is 14.7. The van der Waals surface area contributed by atoms with Crippen LogP contribution in [0.15, 0.2) is 77.7 Å². The largest absolute Gasteiger partial charge is 0.352 e. The van der Waals surface area contributed by atoms with Crippen molar-refractivity contribution in [2.45, 2.75) is 62.6 Å². The third-order valence-corrected chi connectivity index (χ3v) is 10.4. The van der Waals surface area contributed by atoms with E-state index in [1.54, 1.807) is 67.6 Å². The van der Waals surface area contributed by atoms with Gasteiger partial charge < -0.3 is 10.2 Å². The Morgan fingerprint density at radius 2 is 1.54 bits per heavy atom. The molecule has 1 fully saturated rings. The molecule has 1 saturated carbocycles. The van der Waals surface area contributed by atoms with Crippen LogP contribution >= 0.6 is 45.8 Å². The molecule has 3 aromatic rings. The van der Waals surface area contributed by atoms with Gasteiger partial charge in [-0.15, -0.1) is 0 Å². The van der Waals surface area contributed by atoms with Crippen LogP contribution in [0.2, 0.25) is 10.0 Å². The van der Waals surface area contributed by atoms with Gasteiger partial charge in [0.2, 0.25) is 11.8 Å². The maximum atomic E-state index is 14.1. The van der Waals surface area contributed by atoms with Crippen LogP contribution in [0.1, 0.15) is 44.6 Å². The van der Waals surface area contributed by atoms with Gasteiger partial charge in [0.25, 0.3) is 10.0 Å². The average Bonchev–Trinajstić information content (AvgIpc) is 2.97. The molecule has 0 aliphatic heterocycles. The van der Waals surface area contributed by atoms with Crippen molar-refractivity contribution in [3.63, 3.8) is 0 Å². The first-order valence-electron chi connectivity index (χ1n) is 13.4. The lowest BCUT2D eigenvalue weighted by Gasteiger charge is -2.33. The molecule has 1 atom stereocenters. The Kier molecular flexibility index (Phi) is 11.0. The predicted molar refractivity (Wildman–Crippen MR) is 172 cm³/mol. The van der Waals surface area contributed by atoms with Crippen LogP contribution in [-0.2, 0) is 26.2 Å². The minimum Gasteiger partial charge on any atom is -0.352 e. The van der Waals surface area contributed by atoms with E-state index in [-0.39, 0.29) is 23.4 Å². The number of sulfonamides is 1. The molecule has 0 spiro atoms. The molecule has 2 amide bonds. The molecule has 0 unspecified atom stereocenters. The van der Waals surface area contributed by atoms with Crippen LogP contribution < -0.4 is 9.62 Å². The van der Waals surface area contributed by atoms with Crippen LogP contribution in [0.5, 0.6) is 0 Å². The summed E-state index contributed by atoms with van der Waals surface area (Å²) in [4.78, 5) is 28.9. The Bertz CT molecular complexity index is 1450. The molecular formula is C30H32Cl2IN3O4S. The van der Waals surface area contributed by atoms with Gasteiger partial charge in [0.05, 0.1) is 10.6 Å². The molecule has 7 nitrogen and oxygen atoms in total. The highest BCUT2D eigenvalue weighted by Gasteiger charge is 2.33. The summed E-state index contributed by atoms with van der Waals surface area (Å²) in [5.41, 5.74) is 0.811. The maximum Gasteiger partial charge on any atom is 0.264 e. The van der Waals surface area contributed by atoms with Gasteiger partial charge in [0.15, 0.2) is 0 Å². The SMILES string of the molecule is C[C@H](C(=O)NC1CCCCC1)N(Cc1c(Cl)cccc1Cl)C(=O)CN(c1ccc(I)cc1)S(=O)(=O)c1ccccc1. The molecule has 41 heavy (non-hydrogen) atoms. The third-order valence-electron chi connectivity index (χ3n) is 7.23. The summed E-state index contributed by atoms with van der Waals surface area (Å²) in [6.45, 7) is 1.05. The number of halogens is 3. The minimum atomic E-state index is -4.12. The summed E-state index contributed by atoms with van der Waals surface area (Å²) >= 11 is 15.0. The number of carbonyl (C=O) groups is 2. The van der Waals surface area contributed by atoms with Gasteiger partial charge in [0.1, 0.15) is 12.6 Å². The molecule has 1 aliphatic carbocycles.